The van der Waals surface area contributed by atoms with E-state index in [-0.39, 0.29) is 46.7 Å². The van der Waals surface area contributed by atoms with Gasteiger partial charge < -0.3 is 39.8 Å². The fourth-order valence-electron chi connectivity index (χ4n) is 7.80. The number of aromatic nitrogens is 1. The van der Waals surface area contributed by atoms with Crippen LogP contribution in [-0.4, -0.2) is 46.5 Å². The van der Waals surface area contributed by atoms with Gasteiger partial charge in [0.1, 0.15) is 0 Å². The molecule has 3 fully saturated rings. The van der Waals surface area contributed by atoms with Gasteiger partial charge in [0.15, 0.2) is 7.60 Å². The standard InChI is InChI=1S/C27H44O.C7H11NO7P2.Na.H2O/c1-19(2)8-6-9-21(4)25-15-16-26-22(10-7-17-27(25,26)5)12-13-23-18-24(28)14-11-20(23)3;9-7(16(10,11)12,17(13,14)15)4-6-2-1-3-8-5-6;;/h12-13,19,21,24-26,28H,3,6-11,14-18H2,1-2,4-5H3;1-3,5,9H,4H2,(H2,10,11,12)(H2,13,14,15);;1H2/q;;+1;/p-1/b22-12+,23-13-;;;/t21-,24+,25-,26+,27-;;;/m1.../s1. The summed E-state index contributed by atoms with van der Waals surface area (Å²) in [5, 5.41) is 16.0. The van der Waals surface area contributed by atoms with Gasteiger partial charge in [0.2, 0.25) is 5.08 Å². The summed E-state index contributed by atoms with van der Waals surface area (Å²) >= 11 is 0. The third kappa shape index (κ3) is 11.5. The molecule has 0 bridgehead atoms. The van der Waals surface area contributed by atoms with Crippen molar-refractivity contribution < 1.29 is 74.0 Å². The van der Waals surface area contributed by atoms with E-state index in [1.165, 1.54) is 80.8 Å². The van der Waals surface area contributed by atoms with Crippen LogP contribution in [0.3, 0.4) is 0 Å². The zero-order chi connectivity index (χ0) is 33.6. The number of aliphatic hydroxyl groups excluding tert-OH is 1. The number of fused-ring (bicyclic) bond motifs is 1. The zero-order valence-corrected chi connectivity index (χ0v) is 32.6. The van der Waals surface area contributed by atoms with Crippen molar-refractivity contribution in [3.8, 4) is 0 Å². The molecule has 3 aliphatic carbocycles. The van der Waals surface area contributed by atoms with E-state index in [1.54, 1.807) is 5.57 Å². The fraction of sp³-hybridized carbons (Fsp3) is 0.676. The maximum atomic E-state index is 11.0. The predicted octanol–water partition coefficient (Wildman–Crippen LogP) is 2.79. The van der Waals surface area contributed by atoms with E-state index in [0.717, 1.165) is 49.1 Å². The fourth-order valence-corrected chi connectivity index (χ4v) is 9.89. The van der Waals surface area contributed by atoms with Gasteiger partial charge in [-0.2, -0.15) is 0 Å². The summed E-state index contributed by atoms with van der Waals surface area (Å²) in [6.45, 7) is 14.1. The Hall–Kier alpha value is -0.450. The molecule has 4 rings (SSSR count). The van der Waals surface area contributed by atoms with Crippen LogP contribution in [0.25, 0.3) is 0 Å². The van der Waals surface area contributed by atoms with Crippen LogP contribution >= 0.6 is 15.2 Å². The van der Waals surface area contributed by atoms with Gasteiger partial charge in [0.25, 0.3) is 0 Å². The molecule has 10 nitrogen and oxygen atoms in total. The van der Waals surface area contributed by atoms with E-state index in [1.807, 2.05) is 0 Å². The molecule has 0 amide bonds. The van der Waals surface area contributed by atoms with Gasteiger partial charge in [-0.3, -0.25) is 9.55 Å². The molecule has 1 heterocycles. The minimum absolute atomic E-state index is 0. The number of aliphatic hydroxyl groups is 2. The first-order valence-corrected chi connectivity index (χ1v) is 19.5. The number of allylic oxidation sites excluding steroid dienone is 4. The molecule has 0 aliphatic heterocycles. The van der Waals surface area contributed by atoms with Crippen LogP contribution in [0, 0.1) is 29.1 Å². The minimum atomic E-state index is -5.66. The smallest absolute Gasteiger partial charge is 0.776 e. The maximum Gasteiger partial charge on any atom is 1.00 e. The van der Waals surface area contributed by atoms with E-state index in [4.69, 9.17) is 14.7 Å². The molecule has 0 aromatic carbocycles. The quantitative estimate of drug-likeness (QED) is 0.179. The Morgan fingerprint density at radius 2 is 1.81 bits per heavy atom. The Balaban J connectivity index is 0.000000504. The van der Waals surface area contributed by atoms with Crippen molar-refractivity contribution in [2.45, 2.75) is 116 Å². The number of pyridine rings is 1. The van der Waals surface area contributed by atoms with Crippen molar-refractivity contribution in [3.05, 3.63) is 65.5 Å². The van der Waals surface area contributed by atoms with E-state index in [0.29, 0.717) is 5.41 Å². The van der Waals surface area contributed by atoms with Crippen LogP contribution in [0.5, 0.6) is 0 Å². The van der Waals surface area contributed by atoms with Gasteiger partial charge in [-0.05, 0) is 97.7 Å². The van der Waals surface area contributed by atoms with Crippen LogP contribution in [-0.2, 0) is 15.6 Å². The summed E-state index contributed by atoms with van der Waals surface area (Å²) in [5.74, 6) is 3.37. The Kier molecular flexibility index (Phi) is 17.7. The number of hydrogen-bond donors (Lipinski definition) is 5. The summed E-state index contributed by atoms with van der Waals surface area (Å²) < 4.78 is 21.9. The van der Waals surface area contributed by atoms with Crippen LogP contribution in [0.15, 0.2) is 60.0 Å². The van der Waals surface area contributed by atoms with Crippen LogP contribution in [0.1, 0.15) is 104 Å². The van der Waals surface area contributed by atoms with E-state index in [2.05, 4.69) is 51.4 Å². The molecule has 3 saturated carbocycles. The first-order chi connectivity index (χ1) is 20.9. The topological polar surface area (TPSA) is 203 Å². The predicted molar refractivity (Wildman–Crippen MR) is 180 cm³/mol. The molecule has 0 saturated heterocycles. The Morgan fingerprint density at radius 1 is 1.13 bits per heavy atom. The molecule has 13 heteroatoms. The first kappa shape index (κ1) is 44.6. The zero-order valence-electron chi connectivity index (χ0n) is 28.8. The summed E-state index contributed by atoms with van der Waals surface area (Å²) in [6, 6.07) is 2.70. The second-order valence-electron chi connectivity index (χ2n) is 14.2. The van der Waals surface area contributed by atoms with Gasteiger partial charge in [-0.1, -0.05) is 82.9 Å². The average molecular weight is 708 g/mol. The van der Waals surface area contributed by atoms with Gasteiger partial charge in [0.05, 0.1) is 6.10 Å². The molecule has 2 unspecified atom stereocenters. The average Bonchev–Trinajstić information content (AvgIpc) is 3.30. The SMILES string of the molecule is C=C1CC[C@H](O)C/C1=C/C=C1\CCC[C@]2(C)[C@@H]([C@H](C)CCCC(C)C)CC[C@@H]12.O.O=P([O-])(O)C(O)(Cc1cccnc1)P(=O)(O)O.[Na+]. The van der Waals surface area contributed by atoms with Crippen molar-refractivity contribution in [1.29, 1.82) is 0 Å². The molecular weight excluding hydrogens is 651 g/mol. The van der Waals surface area contributed by atoms with Gasteiger partial charge in [-0.25, -0.2) is 0 Å². The van der Waals surface area contributed by atoms with Crippen LogP contribution < -0.4 is 34.5 Å². The molecule has 0 spiro atoms. The number of hydrogen-bond acceptors (Lipinski definition) is 6. The minimum Gasteiger partial charge on any atom is -0.776 e. The molecule has 3 aliphatic rings. The monoisotopic (exact) mass is 707 g/mol. The van der Waals surface area contributed by atoms with Gasteiger partial charge >= 0.3 is 37.2 Å². The normalized spacial score (nSPS) is 29.4. The van der Waals surface area contributed by atoms with Crippen molar-refractivity contribution in [1.82, 2.24) is 4.98 Å². The van der Waals surface area contributed by atoms with E-state index in [9.17, 15) is 24.2 Å². The van der Waals surface area contributed by atoms with Crippen LogP contribution in [0.2, 0.25) is 0 Å². The third-order valence-corrected chi connectivity index (χ3v) is 14.1. The van der Waals surface area contributed by atoms with Crippen LogP contribution in [0.4, 0.5) is 0 Å². The summed E-state index contributed by atoms with van der Waals surface area (Å²) in [5.41, 5.74) is 4.77. The van der Waals surface area contributed by atoms with E-state index >= 15 is 0 Å². The molecule has 1 aromatic rings. The van der Waals surface area contributed by atoms with Crippen molar-refractivity contribution in [3.63, 3.8) is 0 Å². The van der Waals surface area contributed by atoms with Crippen molar-refractivity contribution >= 4 is 15.2 Å². The molecule has 0 radical (unpaired) electrons. The maximum absolute atomic E-state index is 11.0. The number of rotatable bonds is 10. The summed E-state index contributed by atoms with van der Waals surface area (Å²) in [4.78, 5) is 41.0. The summed E-state index contributed by atoms with van der Waals surface area (Å²) in [6.07, 6.45) is 19.7. The van der Waals surface area contributed by atoms with Crippen molar-refractivity contribution in [2.24, 2.45) is 29.1 Å². The molecule has 7 N–H and O–H groups in total. The Labute approximate surface area is 303 Å². The van der Waals surface area contributed by atoms with Gasteiger partial charge in [0, 0.05) is 18.8 Å². The Bertz CT molecular complexity index is 1290. The molecule has 262 valence electrons. The second-order valence-corrected chi connectivity index (χ2v) is 18.2. The third-order valence-electron chi connectivity index (χ3n) is 10.4. The molecule has 47 heavy (non-hydrogen) atoms. The number of nitrogens with zero attached hydrogens (tertiary/aromatic N) is 1. The molecule has 1 aromatic heterocycles. The summed E-state index contributed by atoms with van der Waals surface area (Å²) in [7, 11) is -11.1. The first-order valence-electron chi connectivity index (χ1n) is 16.4. The second kappa shape index (κ2) is 18.7. The molecular formula is C34H56NNaO9P2. The molecule has 7 atom stereocenters. The van der Waals surface area contributed by atoms with E-state index < -0.39 is 26.7 Å². The van der Waals surface area contributed by atoms with Gasteiger partial charge in [-0.15, -0.1) is 0 Å². The largest absolute Gasteiger partial charge is 1.00 e. The van der Waals surface area contributed by atoms with Crippen molar-refractivity contribution in [2.75, 3.05) is 0 Å². The Morgan fingerprint density at radius 3 is 2.38 bits per heavy atom.